The van der Waals surface area contributed by atoms with Crippen molar-refractivity contribution in [2.24, 2.45) is 0 Å². The van der Waals surface area contributed by atoms with Gasteiger partial charge in [0.2, 0.25) is 0 Å². The minimum atomic E-state index is -2.45. The predicted octanol–water partition coefficient (Wildman–Crippen LogP) is 8.73. The molecule has 0 aliphatic heterocycles. The molecule has 0 aliphatic carbocycles. The van der Waals surface area contributed by atoms with Crippen molar-refractivity contribution >= 4 is 21.5 Å². The number of methoxy groups -OCH3 is 1. The second kappa shape index (κ2) is 8.93. The van der Waals surface area contributed by atoms with E-state index in [9.17, 15) is 17.6 Å². The van der Waals surface area contributed by atoms with Gasteiger partial charge in [0.25, 0.3) is 0 Å². The summed E-state index contributed by atoms with van der Waals surface area (Å²) in [6.45, 7) is 0. The molecule has 11 heteroatoms. The summed E-state index contributed by atoms with van der Waals surface area (Å²) in [4.78, 5) is 0. The van der Waals surface area contributed by atoms with Crippen molar-refractivity contribution in [1.29, 1.82) is 0 Å². The largest absolute Gasteiger partial charge is 0.497 e. The zero-order valence-electron chi connectivity index (χ0n) is 18.7. The van der Waals surface area contributed by atoms with Crippen molar-refractivity contribution < 1.29 is 48.6 Å². The number of fused-ring (bicyclic) bond motifs is 2. The van der Waals surface area contributed by atoms with Crippen LogP contribution in [0.4, 0.5) is 43.9 Å². The number of halogens is 10. The highest BCUT2D eigenvalue weighted by molar-refractivity contribution is 6.22. The first kappa shape index (κ1) is 25.4. The molecule has 194 valence electrons. The van der Waals surface area contributed by atoms with E-state index in [2.05, 4.69) is 0 Å². The topological polar surface area (TPSA) is 9.23 Å². The van der Waals surface area contributed by atoms with Gasteiger partial charge in [0.1, 0.15) is 17.4 Å². The van der Waals surface area contributed by atoms with Gasteiger partial charge < -0.3 is 4.74 Å². The highest BCUT2D eigenvalue weighted by atomic mass is 19.2. The van der Waals surface area contributed by atoms with Gasteiger partial charge in [-0.05, 0) is 5.56 Å². The first-order chi connectivity index (χ1) is 18.0. The maximum Gasteiger partial charge on any atom is 0.198 e. The number of hydrogen-bond acceptors (Lipinski definition) is 1. The Morgan fingerprint density at radius 2 is 0.816 bits per heavy atom. The van der Waals surface area contributed by atoms with Gasteiger partial charge in [0.15, 0.2) is 46.5 Å². The monoisotopic (exact) mass is 540 g/mol. The Hall–Kier alpha value is -4.28. The van der Waals surface area contributed by atoms with Crippen molar-refractivity contribution in [1.82, 2.24) is 0 Å². The minimum Gasteiger partial charge on any atom is -0.497 e. The summed E-state index contributed by atoms with van der Waals surface area (Å²) in [7, 11) is 1.02. The van der Waals surface area contributed by atoms with Gasteiger partial charge in [-0.15, -0.1) is 0 Å². The van der Waals surface area contributed by atoms with Gasteiger partial charge >= 0.3 is 0 Å². The van der Waals surface area contributed by atoms with Crippen LogP contribution in [-0.2, 0) is 0 Å². The number of ether oxygens (including phenoxy) is 1. The fourth-order valence-corrected chi connectivity index (χ4v) is 4.50. The third-order valence-corrected chi connectivity index (χ3v) is 6.10. The van der Waals surface area contributed by atoms with Crippen LogP contribution in [0.3, 0.4) is 0 Å². The minimum absolute atomic E-state index is 0.293. The van der Waals surface area contributed by atoms with E-state index >= 15 is 26.3 Å². The highest BCUT2D eigenvalue weighted by Crippen LogP contribution is 2.50. The Morgan fingerprint density at radius 1 is 0.447 bits per heavy atom. The van der Waals surface area contributed by atoms with Crippen molar-refractivity contribution in [3.63, 3.8) is 0 Å². The first-order valence-corrected chi connectivity index (χ1v) is 10.6. The van der Waals surface area contributed by atoms with E-state index in [1.165, 1.54) is 18.2 Å². The molecule has 0 aromatic heterocycles. The quantitative estimate of drug-likeness (QED) is 0.0963. The Balaban J connectivity index is 2.25. The fourth-order valence-electron chi connectivity index (χ4n) is 4.50. The number of benzene rings is 5. The standard InChI is InChI=1S/C27H10F10O/c1-38-10-7-11(28)14(12(29)8-10)15-18-16(20(30)24(34)26(36)22(18)32)13(9-5-3-2-4-6-9)17-19(15)23(33)27(37)25(35)21(17)31/h2-8H,1H3. The lowest BCUT2D eigenvalue weighted by Gasteiger charge is -2.21. The maximum absolute atomic E-state index is 15.4. The molecule has 0 spiro atoms. The summed E-state index contributed by atoms with van der Waals surface area (Å²) in [5.74, 6) is -22.2. The molecule has 0 heterocycles. The Bertz CT molecular complexity index is 1700. The van der Waals surface area contributed by atoms with E-state index in [1.807, 2.05) is 0 Å². The van der Waals surface area contributed by atoms with Crippen LogP contribution in [0, 0.1) is 58.2 Å². The van der Waals surface area contributed by atoms with E-state index < -0.39 is 102 Å². The Kier molecular flexibility index (Phi) is 5.96. The third kappa shape index (κ3) is 3.41. The molecule has 0 atom stereocenters. The molecule has 5 aromatic rings. The molecule has 0 amide bonds. The summed E-state index contributed by atoms with van der Waals surface area (Å²) in [6, 6.07) is 7.27. The smallest absolute Gasteiger partial charge is 0.198 e. The van der Waals surface area contributed by atoms with Crippen LogP contribution >= 0.6 is 0 Å². The zero-order chi connectivity index (χ0) is 27.6. The van der Waals surface area contributed by atoms with E-state index in [1.54, 1.807) is 0 Å². The van der Waals surface area contributed by atoms with Gasteiger partial charge in [-0.3, -0.25) is 0 Å². The molecule has 0 saturated heterocycles. The molecular weight excluding hydrogens is 530 g/mol. The molecule has 0 bridgehead atoms. The lowest BCUT2D eigenvalue weighted by atomic mass is 9.84. The summed E-state index contributed by atoms with van der Waals surface area (Å²) in [6.07, 6.45) is 0. The van der Waals surface area contributed by atoms with Gasteiger partial charge in [-0.25, -0.2) is 43.9 Å². The lowest BCUT2D eigenvalue weighted by Crippen LogP contribution is -2.08. The second-order valence-electron chi connectivity index (χ2n) is 8.09. The van der Waals surface area contributed by atoms with E-state index in [4.69, 9.17) is 4.74 Å². The molecule has 38 heavy (non-hydrogen) atoms. The molecule has 5 aromatic carbocycles. The van der Waals surface area contributed by atoms with Gasteiger partial charge in [-0.2, -0.15) is 0 Å². The molecule has 0 aliphatic rings. The van der Waals surface area contributed by atoms with E-state index in [0.717, 1.165) is 19.2 Å². The zero-order valence-corrected chi connectivity index (χ0v) is 18.7. The Labute approximate surface area is 206 Å². The molecule has 5 rings (SSSR count). The summed E-state index contributed by atoms with van der Waals surface area (Å²) < 4.78 is 155. The van der Waals surface area contributed by atoms with Crippen LogP contribution in [0.5, 0.6) is 5.75 Å². The first-order valence-electron chi connectivity index (χ1n) is 10.6. The molecule has 0 unspecified atom stereocenters. The van der Waals surface area contributed by atoms with Gasteiger partial charge in [0.05, 0.1) is 12.7 Å². The van der Waals surface area contributed by atoms with Crippen molar-refractivity contribution in [2.75, 3.05) is 7.11 Å². The molecule has 1 nitrogen and oxygen atoms in total. The second-order valence-corrected chi connectivity index (χ2v) is 8.09. The third-order valence-electron chi connectivity index (χ3n) is 6.10. The van der Waals surface area contributed by atoms with Crippen LogP contribution in [0.2, 0.25) is 0 Å². The van der Waals surface area contributed by atoms with Crippen LogP contribution in [0.1, 0.15) is 0 Å². The van der Waals surface area contributed by atoms with Crippen LogP contribution in [0.15, 0.2) is 42.5 Å². The van der Waals surface area contributed by atoms with Crippen LogP contribution in [-0.4, -0.2) is 7.11 Å². The van der Waals surface area contributed by atoms with Crippen LogP contribution < -0.4 is 4.74 Å². The highest BCUT2D eigenvalue weighted by Gasteiger charge is 2.35. The predicted molar refractivity (Wildman–Crippen MR) is 118 cm³/mol. The fraction of sp³-hybridized carbons (Fsp3) is 0.0370. The SMILES string of the molecule is COc1cc(F)c(-c2c3c(F)c(F)c(F)c(F)c3c(-c3ccccc3)c3c(F)c(F)c(F)c(F)c23)c(F)c1. The molecule has 0 saturated carbocycles. The lowest BCUT2D eigenvalue weighted by molar-refractivity contribution is 0.407. The summed E-state index contributed by atoms with van der Waals surface area (Å²) in [5, 5.41) is -5.48. The van der Waals surface area contributed by atoms with Crippen molar-refractivity contribution in [2.45, 2.75) is 0 Å². The molecule has 0 fully saturated rings. The maximum atomic E-state index is 15.4. The van der Waals surface area contributed by atoms with Crippen molar-refractivity contribution in [3.05, 3.63) is 101 Å². The van der Waals surface area contributed by atoms with Crippen LogP contribution in [0.25, 0.3) is 43.8 Å². The molecule has 0 N–H and O–H groups in total. The average molecular weight is 540 g/mol. The van der Waals surface area contributed by atoms with Gasteiger partial charge in [0, 0.05) is 44.8 Å². The Morgan fingerprint density at radius 3 is 1.18 bits per heavy atom. The van der Waals surface area contributed by atoms with E-state index in [0.29, 0.717) is 12.1 Å². The van der Waals surface area contributed by atoms with E-state index in [-0.39, 0.29) is 5.56 Å². The van der Waals surface area contributed by atoms with Gasteiger partial charge in [-0.1, -0.05) is 30.3 Å². The molecule has 0 radical (unpaired) electrons. The normalized spacial score (nSPS) is 11.6. The average Bonchev–Trinajstić information content (AvgIpc) is 2.91. The number of rotatable bonds is 3. The molecular formula is C27H10F10O. The number of hydrogen-bond donors (Lipinski definition) is 0. The summed E-state index contributed by atoms with van der Waals surface area (Å²) in [5.41, 5.74) is -4.02. The van der Waals surface area contributed by atoms with Crippen molar-refractivity contribution in [3.8, 4) is 28.0 Å². The summed E-state index contributed by atoms with van der Waals surface area (Å²) >= 11 is 0.